The van der Waals surface area contributed by atoms with Crippen molar-refractivity contribution in [3.05, 3.63) is 0 Å². The Kier molecular flexibility index (Phi) is 6.47. The van der Waals surface area contributed by atoms with Gasteiger partial charge in [-0.15, -0.1) is 0 Å². The first kappa shape index (κ1) is 14.4. The van der Waals surface area contributed by atoms with Gasteiger partial charge in [0.2, 0.25) is 0 Å². The highest BCUT2D eigenvalue weighted by Gasteiger charge is 2.20. The molecule has 2 unspecified atom stereocenters. The van der Waals surface area contributed by atoms with Crippen LogP contribution in [0.5, 0.6) is 0 Å². The SMILES string of the molecule is COCC(NCC(C)N1CCCCC1)C(=O)O. The minimum atomic E-state index is -0.849. The molecule has 5 heteroatoms. The van der Waals surface area contributed by atoms with Gasteiger partial charge in [-0.1, -0.05) is 6.42 Å². The summed E-state index contributed by atoms with van der Waals surface area (Å²) < 4.78 is 4.89. The average Bonchev–Trinajstić information content (AvgIpc) is 2.34. The van der Waals surface area contributed by atoms with Crippen LogP contribution in [0, 0.1) is 0 Å². The molecule has 1 aliphatic heterocycles. The number of hydrogen-bond acceptors (Lipinski definition) is 4. The maximum Gasteiger partial charge on any atom is 0.323 e. The zero-order valence-electron chi connectivity index (χ0n) is 10.8. The number of nitrogens with one attached hydrogen (secondary N) is 1. The van der Waals surface area contributed by atoms with E-state index in [1.54, 1.807) is 0 Å². The van der Waals surface area contributed by atoms with Crippen molar-refractivity contribution in [2.45, 2.75) is 38.3 Å². The highest BCUT2D eigenvalue weighted by atomic mass is 16.5. The van der Waals surface area contributed by atoms with E-state index in [9.17, 15) is 4.79 Å². The quantitative estimate of drug-likeness (QED) is 0.685. The van der Waals surface area contributed by atoms with Crippen molar-refractivity contribution in [3.63, 3.8) is 0 Å². The molecular weight excluding hydrogens is 220 g/mol. The third-order valence-electron chi connectivity index (χ3n) is 3.31. The van der Waals surface area contributed by atoms with Gasteiger partial charge in [0.15, 0.2) is 0 Å². The number of rotatable bonds is 7. The number of hydrogen-bond donors (Lipinski definition) is 2. The van der Waals surface area contributed by atoms with Crippen LogP contribution in [0.25, 0.3) is 0 Å². The van der Waals surface area contributed by atoms with Crippen molar-refractivity contribution in [1.29, 1.82) is 0 Å². The smallest absolute Gasteiger partial charge is 0.323 e. The monoisotopic (exact) mass is 244 g/mol. The van der Waals surface area contributed by atoms with Crippen LogP contribution in [0.2, 0.25) is 0 Å². The lowest BCUT2D eigenvalue weighted by atomic mass is 10.1. The number of likely N-dealkylation sites (tertiary alicyclic amines) is 1. The van der Waals surface area contributed by atoms with Gasteiger partial charge in [0, 0.05) is 19.7 Å². The fraction of sp³-hybridized carbons (Fsp3) is 0.917. The van der Waals surface area contributed by atoms with E-state index in [1.165, 1.54) is 26.4 Å². The lowest BCUT2D eigenvalue weighted by molar-refractivity contribution is -0.140. The molecule has 1 heterocycles. The molecule has 0 radical (unpaired) electrons. The number of ether oxygens (including phenoxy) is 1. The summed E-state index contributed by atoms with van der Waals surface area (Å²) >= 11 is 0. The summed E-state index contributed by atoms with van der Waals surface area (Å²) in [4.78, 5) is 13.3. The van der Waals surface area contributed by atoms with E-state index >= 15 is 0 Å². The normalized spacial score (nSPS) is 21.1. The summed E-state index contributed by atoms with van der Waals surface area (Å²) in [5.41, 5.74) is 0. The van der Waals surface area contributed by atoms with Crippen LogP contribution in [0.1, 0.15) is 26.2 Å². The molecule has 2 atom stereocenters. The first-order valence-electron chi connectivity index (χ1n) is 6.34. The Balaban J connectivity index is 2.29. The number of methoxy groups -OCH3 is 1. The van der Waals surface area contributed by atoms with Crippen LogP contribution in [-0.4, -0.2) is 61.4 Å². The Morgan fingerprint density at radius 2 is 2.06 bits per heavy atom. The molecule has 0 saturated carbocycles. The van der Waals surface area contributed by atoms with E-state index in [1.807, 2.05) is 0 Å². The van der Waals surface area contributed by atoms with Crippen molar-refractivity contribution in [2.24, 2.45) is 0 Å². The van der Waals surface area contributed by atoms with E-state index in [0.29, 0.717) is 12.6 Å². The van der Waals surface area contributed by atoms with Gasteiger partial charge in [-0.3, -0.25) is 9.69 Å². The highest BCUT2D eigenvalue weighted by molar-refractivity contribution is 5.73. The second-order valence-corrected chi connectivity index (χ2v) is 4.70. The van der Waals surface area contributed by atoms with Gasteiger partial charge >= 0.3 is 5.97 Å². The van der Waals surface area contributed by atoms with Gasteiger partial charge in [-0.25, -0.2) is 0 Å². The average molecular weight is 244 g/mol. The number of carbonyl (C=O) groups is 1. The summed E-state index contributed by atoms with van der Waals surface area (Å²) in [6, 6.07) is -0.221. The van der Waals surface area contributed by atoms with Crippen molar-refractivity contribution < 1.29 is 14.6 Å². The molecule has 1 aliphatic rings. The second-order valence-electron chi connectivity index (χ2n) is 4.70. The lowest BCUT2D eigenvalue weighted by Crippen LogP contribution is -2.48. The topological polar surface area (TPSA) is 61.8 Å². The molecule has 0 aromatic rings. The number of carboxylic acids is 1. The predicted octanol–water partition coefficient (Wildman–Crippen LogP) is 0.550. The van der Waals surface area contributed by atoms with Crippen LogP contribution in [0.4, 0.5) is 0 Å². The second kappa shape index (κ2) is 7.63. The zero-order valence-corrected chi connectivity index (χ0v) is 10.8. The zero-order chi connectivity index (χ0) is 12.7. The summed E-state index contributed by atoms with van der Waals surface area (Å²) in [6.07, 6.45) is 3.83. The number of carboxylic acid groups (broad SMARTS) is 1. The van der Waals surface area contributed by atoms with E-state index in [2.05, 4.69) is 17.1 Å². The molecule has 100 valence electrons. The van der Waals surface area contributed by atoms with Crippen LogP contribution < -0.4 is 5.32 Å². The molecule has 0 aliphatic carbocycles. The largest absolute Gasteiger partial charge is 0.480 e. The maximum absolute atomic E-state index is 10.9. The van der Waals surface area contributed by atoms with Crippen LogP contribution in [0.15, 0.2) is 0 Å². The van der Waals surface area contributed by atoms with Gasteiger partial charge in [0.25, 0.3) is 0 Å². The molecule has 0 aromatic carbocycles. The Morgan fingerprint density at radius 3 is 2.59 bits per heavy atom. The van der Waals surface area contributed by atoms with Gasteiger partial charge < -0.3 is 15.2 Å². The Labute approximate surface area is 103 Å². The number of piperidine rings is 1. The van der Waals surface area contributed by atoms with Crippen LogP contribution in [0.3, 0.4) is 0 Å². The highest BCUT2D eigenvalue weighted by Crippen LogP contribution is 2.11. The fourth-order valence-electron chi connectivity index (χ4n) is 2.19. The third kappa shape index (κ3) is 5.02. The molecule has 1 rings (SSSR count). The van der Waals surface area contributed by atoms with Gasteiger partial charge in [0.1, 0.15) is 6.04 Å². The van der Waals surface area contributed by atoms with Crippen molar-refractivity contribution in [1.82, 2.24) is 10.2 Å². The molecule has 1 fully saturated rings. The minimum Gasteiger partial charge on any atom is -0.480 e. The van der Waals surface area contributed by atoms with Gasteiger partial charge in [-0.2, -0.15) is 0 Å². The molecular formula is C12H24N2O3. The molecule has 1 saturated heterocycles. The summed E-state index contributed by atoms with van der Waals surface area (Å²) in [7, 11) is 1.52. The van der Waals surface area contributed by atoms with Gasteiger partial charge in [0.05, 0.1) is 6.61 Å². The first-order valence-corrected chi connectivity index (χ1v) is 6.34. The summed E-state index contributed by atoms with van der Waals surface area (Å²) in [5.74, 6) is -0.849. The number of nitrogens with zero attached hydrogens (tertiary/aromatic N) is 1. The Bertz CT molecular complexity index is 230. The summed E-state index contributed by atoms with van der Waals surface area (Å²) in [6.45, 7) is 5.31. The van der Waals surface area contributed by atoms with Crippen molar-refractivity contribution >= 4 is 5.97 Å². The first-order chi connectivity index (χ1) is 8.15. The summed E-state index contributed by atoms with van der Waals surface area (Å²) in [5, 5.41) is 12.0. The van der Waals surface area contributed by atoms with Crippen LogP contribution in [-0.2, 0) is 9.53 Å². The third-order valence-corrected chi connectivity index (χ3v) is 3.31. The molecule has 5 nitrogen and oxygen atoms in total. The Hall–Kier alpha value is -0.650. The van der Waals surface area contributed by atoms with E-state index < -0.39 is 12.0 Å². The number of aliphatic carboxylic acids is 1. The molecule has 17 heavy (non-hydrogen) atoms. The van der Waals surface area contributed by atoms with Crippen LogP contribution >= 0.6 is 0 Å². The van der Waals surface area contributed by atoms with E-state index in [-0.39, 0.29) is 6.61 Å². The van der Waals surface area contributed by atoms with Crippen molar-refractivity contribution in [3.8, 4) is 0 Å². The van der Waals surface area contributed by atoms with Crippen molar-refractivity contribution in [2.75, 3.05) is 33.4 Å². The standard InChI is InChI=1S/C12H24N2O3/c1-10(14-6-4-3-5-7-14)8-13-11(9-17-2)12(15)16/h10-11,13H,3-9H2,1-2H3,(H,15,16). The lowest BCUT2D eigenvalue weighted by Gasteiger charge is -2.33. The molecule has 0 amide bonds. The fourth-order valence-corrected chi connectivity index (χ4v) is 2.19. The maximum atomic E-state index is 10.9. The van der Waals surface area contributed by atoms with E-state index in [0.717, 1.165) is 13.1 Å². The van der Waals surface area contributed by atoms with Gasteiger partial charge in [-0.05, 0) is 32.9 Å². The van der Waals surface area contributed by atoms with E-state index in [4.69, 9.17) is 9.84 Å². The minimum absolute atomic E-state index is 0.210. The molecule has 0 spiro atoms. The Morgan fingerprint density at radius 1 is 1.41 bits per heavy atom. The molecule has 0 aromatic heterocycles. The molecule has 0 bridgehead atoms. The predicted molar refractivity (Wildman–Crippen MR) is 66.2 cm³/mol. The molecule has 2 N–H and O–H groups in total.